The van der Waals surface area contributed by atoms with Gasteiger partial charge in [0.1, 0.15) is 68.6 Å². The molecule has 0 spiro atoms. The number of hydrogen-bond acceptors (Lipinski definition) is 18. The third kappa shape index (κ3) is 13.5. The van der Waals surface area contributed by atoms with E-state index in [-0.39, 0.29) is 23.3 Å². The van der Waals surface area contributed by atoms with Crippen LogP contribution in [0.2, 0.25) is 0 Å². The number of nitrogens with zero attached hydrogens (tertiary/aromatic N) is 6. The number of benzene rings is 8. The van der Waals surface area contributed by atoms with Crippen molar-refractivity contribution in [2.75, 3.05) is 26.4 Å². The van der Waals surface area contributed by atoms with E-state index in [1.165, 1.54) is 0 Å². The van der Waals surface area contributed by atoms with Gasteiger partial charge in [0.15, 0.2) is 23.3 Å². The molecule has 8 bridgehead atoms. The normalized spacial score (nSPS) is 11.4. The minimum Gasteiger partial charge on any atom is -0.462 e. The Bertz CT molecular complexity index is 4610. The van der Waals surface area contributed by atoms with E-state index in [9.17, 15) is 19.2 Å². The van der Waals surface area contributed by atoms with E-state index < -0.39 is 23.9 Å². The van der Waals surface area contributed by atoms with Crippen molar-refractivity contribution in [1.82, 2.24) is 39.9 Å². The van der Waals surface area contributed by atoms with Crippen LogP contribution in [0.5, 0.6) is 46.0 Å². The summed E-state index contributed by atoms with van der Waals surface area (Å²) < 4.78 is 48.9. The lowest BCUT2D eigenvalue weighted by atomic mass is 10.1. The van der Waals surface area contributed by atoms with Crippen LogP contribution < -0.4 is 18.9 Å². The van der Waals surface area contributed by atoms with Crippen molar-refractivity contribution in [3.05, 3.63) is 192 Å². The Morgan fingerprint density at radius 2 is 0.594 bits per heavy atom. The number of ether oxygens (including phenoxy) is 8. The van der Waals surface area contributed by atoms with Gasteiger partial charge in [-0.1, -0.05) is 102 Å². The first-order valence-corrected chi connectivity index (χ1v) is 32.2. The van der Waals surface area contributed by atoms with Crippen molar-refractivity contribution in [2.45, 2.75) is 79.1 Å². The van der Waals surface area contributed by atoms with E-state index in [4.69, 9.17) is 67.8 Å². The molecule has 0 unspecified atom stereocenters. The highest BCUT2D eigenvalue weighted by molar-refractivity contribution is 6.10. The minimum absolute atomic E-state index is 0.220. The maximum atomic E-state index is 13.0. The summed E-state index contributed by atoms with van der Waals surface area (Å²) >= 11 is 0. The standard InChI is InChI=1S/C76H66N8O12/c1-5-9-41-89-73(85)45-25-33-49(34-26-45)93-57-21-13-17-53-61(57)69-77-65(53)82-70-63-55(19-15-23-59(63)95-51-37-29-47(30-38-51)75(87)91-43-11-7-3)67(79-70)84-72-64-56(20-16-24-60(64)96-52-39-31-48(32-40-52)76(88)92-44-12-8-4)68(80-72)83-71-62-54(66(78-71)81-69)18-14-22-58(62)94-50-35-27-46(28-36-50)74(86)90-42-10-6-2/h13-40H,5-12,41-44H2,1-4H3,(H2,77,78,79,80,81,82,83,84). The third-order valence-corrected chi connectivity index (χ3v) is 16.0. The number of H-pyrrole nitrogens is 2. The molecule has 20 heteroatoms. The summed E-state index contributed by atoms with van der Waals surface area (Å²) in [5.41, 5.74) is 4.92. The molecule has 5 heterocycles. The first-order chi connectivity index (χ1) is 47.0. The van der Waals surface area contributed by atoms with Gasteiger partial charge in [-0.05, 0) is 147 Å². The third-order valence-electron chi connectivity index (χ3n) is 16.0. The number of aromatic nitrogens is 8. The average molecular weight is 1280 g/mol. The number of aromatic amines is 2. The van der Waals surface area contributed by atoms with Gasteiger partial charge in [0.2, 0.25) is 0 Å². The van der Waals surface area contributed by atoms with Crippen LogP contribution in [0.4, 0.5) is 0 Å². The molecule has 0 fully saturated rings. The summed E-state index contributed by atoms with van der Waals surface area (Å²) in [4.78, 5) is 90.9. The average Bonchev–Trinajstić information content (AvgIpc) is 1.60. The first kappa shape index (κ1) is 63.0. The summed E-state index contributed by atoms with van der Waals surface area (Å²) in [5.74, 6) is 2.47. The SMILES string of the molecule is CCCCOC(=O)c1ccc(Oc2cccc3c2-c2nc-3nc3[nH]c(nc4nc(nc5[nH]c(n2)c2cccc(Oc6ccc(C(=O)OCCCC)cc6)c52)-c2cccc(Oc5ccc(C(=O)OCCCC)cc5)c2-4)c2cccc(Oc4ccc(C(=O)OCCCC)cc4)c32)cc1. The Morgan fingerprint density at radius 3 is 0.906 bits per heavy atom. The number of fused-ring (bicyclic) bond motifs is 20. The van der Waals surface area contributed by atoms with E-state index >= 15 is 0 Å². The summed E-state index contributed by atoms with van der Waals surface area (Å²) in [7, 11) is 0. The van der Waals surface area contributed by atoms with Gasteiger partial charge in [-0.15, -0.1) is 0 Å². The number of carbonyl (C=O) groups is 4. The number of hydrogen-bond donors (Lipinski definition) is 2. The molecule has 2 aliphatic rings. The van der Waals surface area contributed by atoms with Crippen molar-refractivity contribution >= 4 is 68.0 Å². The minimum atomic E-state index is -0.433. The highest BCUT2D eigenvalue weighted by Crippen LogP contribution is 2.46. The molecule has 2 N–H and O–H groups in total. The summed E-state index contributed by atoms with van der Waals surface area (Å²) in [5, 5.41) is 2.23. The molecule has 8 aromatic carbocycles. The molecule has 0 atom stereocenters. The molecule has 482 valence electrons. The van der Waals surface area contributed by atoms with Gasteiger partial charge in [-0.2, -0.15) is 0 Å². The van der Waals surface area contributed by atoms with E-state index in [2.05, 4.69) is 9.97 Å². The Balaban J connectivity index is 1.02. The molecule has 13 rings (SSSR count). The largest absolute Gasteiger partial charge is 0.462 e. The molecule has 11 aromatic rings. The molecular formula is C76H66N8O12. The van der Waals surface area contributed by atoms with Gasteiger partial charge in [-0.25, -0.2) is 49.1 Å². The predicted octanol–water partition coefficient (Wildman–Crippen LogP) is 17.9. The van der Waals surface area contributed by atoms with E-state index in [1.54, 1.807) is 97.1 Å². The molecule has 96 heavy (non-hydrogen) atoms. The lowest BCUT2D eigenvalue weighted by Crippen LogP contribution is -2.06. The summed E-state index contributed by atoms with van der Waals surface area (Å²) in [6.07, 6.45) is 6.57. The fourth-order valence-corrected chi connectivity index (χ4v) is 10.9. The second kappa shape index (κ2) is 28.6. The van der Waals surface area contributed by atoms with Crippen molar-refractivity contribution in [1.29, 1.82) is 0 Å². The first-order valence-electron chi connectivity index (χ1n) is 32.2. The number of rotatable bonds is 24. The highest BCUT2D eigenvalue weighted by Gasteiger charge is 2.29. The van der Waals surface area contributed by atoms with Gasteiger partial charge in [-0.3, -0.25) is 0 Å². The zero-order valence-corrected chi connectivity index (χ0v) is 53.2. The fraction of sp³-hybridized carbons (Fsp3) is 0.211. The van der Waals surface area contributed by atoms with Crippen molar-refractivity contribution < 1.29 is 57.1 Å². The van der Waals surface area contributed by atoms with Gasteiger partial charge in [0.25, 0.3) is 0 Å². The van der Waals surface area contributed by atoms with Crippen molar-refractivity contribution in [3.8, 4) is 91.5 Å². The van der Waals surface area contributed by atoms with E-state index in [1.807, 2.05) is 100 Å². The Morgan fingerprint density at radius 1 is 0.312 bits per heavy atom. The zero-order chi connectivity index (χ0) is 66.1. The molecular weight excluding hydrogens is 1220 g/mol. The lowest BCUT2D eigenvalue weighted by Gasteiger charge is -2.11. The molecule has 2 aliphatic heterocycles. The maximum absolute atomic E-state index is 13.0. The molecule has 0 saturated heterocycles. The van der Waals surface area contributed by atoms with Gasteiger partial charge in [0.05, 0.1) is 70.6 Å². The smallest absolute Gasteiger partial charge is 0.338 e. The molecule has 3 aromatic heterocycles. The predicted molar refractivity (Wildman–Crippen MR) is 363 cm³/mol. The zero-order valence-electron chi connectivity index (χ0n) is 53.2. The Kier molecular flexibility index (Phi) is 18.8. The molecule has 0 aliphatic carbocycles. The van der Waals surface area contributed by atoms with Gasteiger partial charge >= 0.3 is 23.9 Å². The van der Waals surface area contributed by atoms with Crippen LogP contribution in [0.25, 0.3) is 89.7 Å². The maximum Gasteiger partial charge on any atom is 0.338 e. The van der Waals surface area contributed by atoms with Crippen molar-refractivity contribution in [2.24, 2.45) is 0 Å². The van der Waals surface area contributed by atoms with E-state index in [0.29, 0.717) is 161 Å². The Labute approximate surface area is 551 Å². The van der Waals surface area contributed by atoms with Crippen LogP contribution in [-0.2, 0) is 18.9 Å². The Hall–Kier alpha value is -11.8. The second-order valence-electron chi connectivity index (χ2n) is 22.8. The summed E-state index contributed by atoms with van der Waals surface area (Å²) in [6.45, 7) is 9.39. The van der Waals surface area contributed by atoms with Crippen LogP contribution in [-0.4, -0.2) is 90.2 Å². The molecule has 0 radical (unpaired) electrons. The highest BCUT2D eigenvalue weighted by atomic mass is 16.5. The van der Waals surface area contributed by atoms with Crippen LogP contribution in [0, 0.1) is 0 Å². The fourth-order valence-electron chi connectivity index (χ4n) is 10.9. The number of unbranched alkanes of at least 4 members (excludes halogenated alkanes) is 4. The summed E-state index contributed by atoms with van der Waals surface area (Å²) in [6, 6.07) is 49.0. The van der Waals surface area contributed by atoms with Crippen LogP contribution >= 0.6 is 0 Å². The molecule has 20 nitrogen and oxygen atoms in total. The monoisotopic (exact) mass is 1280 g/mol. The molecule has 0 amide bonds. The number of esters is 4. The van der Waals surface area contributed by atoms with Crippen LogP contribution in [0.1, 0.15) is 120 Å². The molecule has 0 saturated carbocycles. The number of nitrogens with one attached hydrogen (secondary N) is 2. The van der Waals surface area contributed by atoms with E-state index in [0.717, 1.165) is 51.4 Å². The van der Waals surface area contributed by atoms with Gasteiger partial charge in [0, 0.05) is 21.9 Å². The number of carbonyl (C=O) groups excluding carboxylic acids is 4. The van der Waals surface area contributed by atoms with Crippen LogP contribution in [0.15, 0.2) is 170 Å². The second-order valence-corrected chi connectivity index (χ2v) is 22.8. The van der Waals surface area contributed by atoms with Gasteiger partial charge < -0.3 is 47.9 Å². The lowest BCUT2D eigenvalue weighted by molar-refractivity contribution is 0.0490. The van der Waals surface area contributed by atoms with Crippen molar-refractivity contribution in [3.63, 3.8) is 0 Å². The topological polar surface area (TPSA) is 251 Å². The quantitative estimate of drug-likeness (QED) is 0.0324. The van der Waals surface area contributed by atoms with Crippen LogP contribution in [0.3, 0.4) is 0 Å².